The van der Waals surface area contributed by atoms with Crippen molar-refractivity contribution in [3.05, 3.63) is 115 Å². The van der Waals surface area contributed by atoms with E-state index in [1.807, 2.05) is 54.6 Å². The molecule has 5 aromatic rings. The molecule has 30 heavy (non-hydrogen) atoms. The van der Waals surface area contributed by atoms with Gasteiger partial charge < -0.3 is 5.73 Å². The molecule has 0 saturated carbocycles. The van der Waals surface area contributed by atoms with Crippen LogP contribution < -0.4 is 5.73 Å². The Kier molecular flexibility index (Phi) is 4.62. The van der Waals surface area contributed by atoms with E-state index in [1.165, 1.54) is 0 Å². The molecule has 0 saturated heterocycles. The number of benzene rings is 4. The molecule has 0 aliphatic heterocycles. The smallest absolute Gasteiger partial charge is 0.145 e. The van der Waals surface area contributed by atoms with Crippen LogP contribution >= 0.6 is 0 Å². The van der Waals surface area contributed by atoms with Crippen LogP contribution in [0.3, 0.4) is 0 Å². The number of nitrogens with two attached hydrogens (primary N) is 1. The molecule has 0 amide bonds. The van der Waals surface area contributed by atoms with E-state index >= 15 is 0 Å². The largest absolute Gasteiger partial charge is 0.399 e. The molecule has 1 heterocycles. The first kappa shape index (κ1) is 18.0. The van der Waals surface area contributed by atoms with Crippen molar-refractivity contribution in [2.24, 2.45) is 0 Å². The molecule has 0 aliphatic rings. The predicted molar refractivity (Wildman–Crippen MR) is 124 cm³/mol. The zero-order valence-corrected chi connectivity index (χ0v) is 16.4. The van der Waals surface area contributed by atoms with Gasteiger partial charge >= 0.3 is 0 Å². The van der Waals surface area contributed by atoms with Crippen LogP contribution in [0, 0.1) is 0 Å². The molecule has 3 heteroatoms. The van der Waals surface area contributed by atoms with E-state index in [1.54, 1.807) is 0 Å². The number of nitrogen functional groups attached to an aromatic ring is 1. The summed E-state index contributed by atoms with van der Waals surface area (Å²) < 4.78 is 2.23. The third-order valence-corrected chi connectivity index (χ3v) is 5.16. The van der Waals surface area contributed by atoms with Crippen LogP contribution in [0.15, 0.2) is 115 Å². The third-order valence-electron chi connectivity index (χ3n) is 5.16. The quantitative estimate of drug-likeness (QED) is 0.360. The van der Waals surface area contributed by atoms with Gasteiger partial charge in [-0.1, -0.05) is 91.0 Å². The highest BCUT2D eigenvalue weighted by Crippen LogP contribution is 2.38. The second-order valence-corrected chi connectivity index (χ2v) is 7.16. The normalized spacial score (nSPS) is 10.8. The van der Waals surface area contributed by atoms with E-state index in [0.717, 1.165) is 45.3 Å². The van der Waals surface area contributed by atoms with Crippen molar-refractivity contribution in [1.82, 2.24) is 9.55 Å². The van der Waals surface area contributed by atoms with Gasteiger partial charge in [-0.15, -0.1) is 0 Å². The molecular weight excluding hydrogens is 366 g/mol. The van der Waals surface area contributed by atoms with Crippen LogP contribution in [0.4, 0.5) is 5.69 Å². The van der Waals surface area contributed by atoms with Gasteiger partial charge in [0.25, 0.3) is 0 Å². The number of nitrogens with zero attached hydrogens (tertiary/aromatic N) is 2. The van der Waals surface area contributed by atoms with E-state index in [2.05, 4.69) is 65.2 Å². The molecular formula is C27H21N3. The maximum absolute atomic E-state index is 5.97. The van der Waals surface area contributed by atoms with Gasteiger partial charge in [-0.25, -0.2) is 4.98 Å². The van der Waals surface area contributed by atoms with Crippen LogP contribution in [0.1, 0.15) is 0 Å². The highest BCUT2D eigenvalue weighted by Gasteiger charge is 2.22. The summed E-state index contributed by atoms with van der Waals surface area (Å²) in [6, 6.07) is 39.0. The Balaban J connectivity index is 1.88. The molecule has 1 aromatic heterocycles. The lowest BCUT2D eigenvalue weighted by molar-refractivity contribution is 1.07. The van der Waals surface area contributed by atoms with E-state index in [-0.39, 0.29) is 0 Å². The summed E-state index contributed by atoms with van der Waals surface area (Å²) in [7, 11) is 0. The maximum Gasteiger partial charge on any atom is 0.145 e. The number of hydrogen-bond acceptors (Lipinski definition) is 2. The molecule has 0 spiro atoms. The summed E-state index contributed by atoms with van der Waals surface area (Å²) in [5.41, 5.74) is 13.0. The monoisotopic (exact) mass is 387 g/mol. The molecule has 0 unspecified atom stereocenters. The van der Waals surface area contributed by atoms with E-state index in [0.29, 0.717) is 0 Å². The summed E-state index contributed by atoms with van der Waals surface area (Å²) in [6.45, 7) is 0. The molecule has 0 aliphatic carbocycles. The van der Waals surface area contributed by atoms with Crippen molar-refractivity contribution in [2.45, 2.75) is 0 Å². The Bertz CT molecular complexity index is 1260. The number of aromatic nitrogens is 2. The number of anilines is 1. The fourth-order valence-corrected chi connectivity index (χ4v) is 3.74. The molecule has 2 N–H and O–H groups in total. The molecule has 3 nitrogen and oxygen atoms in total. The first-order valence-electron chi connectivity index (χ1n) is 9.96. The highest BCUT2D eigenvalue weighted by molar-refractivity contribution is 5.84. The fourth-order valence-electron chi connectivity index (χ4n) is 3.74. The van der Waals surface area contributed by atoms with Crippen LogP contribution in [-0.4, -0.2) is 9.55 Å². The lowest BCUT2D eigenvalue weighted by Crippen LogP contribution is -2.00. The number of imidazole rings is 1. The van der Waals surface area contributed by atoms with Gasteiger partial charge in [-0.2, -0.15) is 0 Å². The van der Waals surface area contributed by atoms with E-state index in [4.69, 9.17) is 10.7 Å². The van der Waals surface area contributed by atoms with Crippen molar-refractivity contribution in [3.63, 3.8) is 0 Å². The second-order valence-electron chi connectivity index (χ2n) is 7.16. The molecule has 144 valence electrons. The molecule has 0 radical (unpaired) electrons. The third kappa shape index (κ3) is 3.27. The average Bonchev–Trinajstić information content (AvgIpc) is 3.22. The summed E-state index contributed by atoms with van der Waals surface area (Å²) in [6.07, 6.45) is 0. The van der Waals surface area contributed by atoms with E-state index < -0.39 is 0 Å². The molecule has 0 fully saturated rings. The Hall–Kier alpha value is -4.11. The number of rotatable bonds is 4. The minimum absolute atomic E-state index is 0.740. The zero-order chi connectivity index (χ0) is 20.3. The zero-order valence-electron chi connectivity index (χ0n) is 16.4. The van der Waals surface area contributed by atoms with E-state index in [9.17, 15) is 0 Å². The number of hydrogen-bond donors (Lipinski definition) is 1. The van der Waals surface area contributed by atoms with Crippen molar-refractivity contribution >= 4 is 5.69 Å². The lowest BCUT2D eigenvalue weighted by Gasteiger charge is -2.14. The van der Waals surface area contributed by atoms with Crippen molar-refractivity contribution in [2.75, 3.05) is 5.73 Å². The topological polar surface area (TPSA) is 43.8 Å². The highest BCUT2D eigenvalue weighted by atomic mass is 15.1. The first-order chi connectivity index (χ1) is 14.8. The SMILES string of the molecule is Nc1ccc(-n2c(-c3ccccc3)nc(-c3ccccc3)c2-c2ccccc2)cc1. The van der Waals surface area contributed by atoms with Crippen LogP contribution in [-0.2, 0) is 0 Å². The minimum Gasteiger partial charge on any atom is -0.399 e. The maximum atomic E-state index is 5.97. The van der Waals surface area contributed by atoms with Crippen molar-refractivity contribution < 1.29 is 0 Å². The lowest BCUT2D eigenvalue weighted by atomic mass is 10.0. The Morgan fingerprint density at radius 1 is 0.533 bits per heavy atom. The van der Waals surface area contributed by atoms with Crippen LogP contribution in [0.25, 0.3) is 39.6 Å². The van der Waals surface area contributed by atoms with Gasteiger partial charge in [-0.05, 0) is 24.3 Å². The summed E-state index contributed by atoms with van der Waals surface area (Å²) in [4.78, 5) is 5.16. The van der Waals surface area contributed by atoms with Gasteiger partial charge in [0, 0.05) is 28.1 Å². The van der Waals surface area contributed by atoms with Gasteiger partial charge in [0.15, 0.2) is 0 Å². The standard InChI is InChI=1S/C27H21N3/c28-23-16-18-24(19-17-23)30-26(21-12-6-2-7-13-21)25(20-10-4-1-5-11-20)29-27(30)22-14-8-3-9-15-22/h1-19H,28H2. The second kappa shape index (κ2) is 7.72. The van der Waals surface area contributed by atoms with Gasteiger partial charge in [0.05, 0.1) is 11.4 Å². The fraction of sp³-hybridized carbons (Fsp3) is 0. The molecule has 5 rings (SSSR count). The van der Waals surface area contributed by atoms with Crippen molar-refractivity contribution in [3.8, 4) is 39.6 Å². The molecule has 0 atom stereocenters. The molecule has 4 aromatic carbocycles. The Labute approximate surface area is 176 Å². The molecule has 0 bridgehead atoms. The summed E-state index contributed by atoms with van der Waals surface area (Å²) in [5, 5.41) is 0. The predicted octanol–water partition coefficient (Wildman–Crippen LogP) is 6.46. The van der Waals surface area contributed by atoms with Crippen LogP contribution in [0.5, 0.6) is 0 Å². The van der Waals surface area contributed by atoms with Gasteiger partial charge in [-0.3, -0.25) is 4.57 Å². The van der Waals surface area contributed by atoms with Gasteiger partial charge in [0.2, 0.25) is 0 Å². The average molecular weight is 387 g/mol. The Morgan fingerprint density at radius 2 is 1.03 bits per heavy atom. The van der Waals surface area contributed by atoms with Crippen molar-refractivity contribution in [1.29, 1.82) is 0 Å². The Morgan fingerprint density at radius 3 is 1.60 bits per heavy atom. The first-order valence-corrected chi connectivity index (χ1v) is 9.96. The summed E-state index contributed by atoms with van der Waals surface area (Å²) in [5.74, 6) is 0.901. The minimum atomic E-state index is 0.740. The van der Waals surface area contributed by atoms with Gasteiger partial charge in [0.1, 0.15) is 5.82 Å². The van der Waals surface area contributed by atoms with Crippen LogP contribution in [0.2, 0.25) is 0 Å². The summed E-state index contributed by atoms with van der Waals surface area (Å²) >= 11 is 0.